The van der Waals surface area contributed by atoms with Crippen molar-refractivity contribution in [2.24, 2.45) is 16.8 Å². The van der Waals surface area contributed by atoms with E-state index in [0.29, 0.717) is 17.3 Å². The molecule has 7 heteroatoms. The summed E-state index contributed by atoms with van der Waals surface area (Å²) in [5.74, 6) is -0.142. The van der Waals surface area contributed by atoms with Crippen molar-refractivity contribution >= 4 is 29.2 Å². The molecule has 0 bridgehead atoms. The maximum atomic E-state index is 11.9. The van der Waals surface area contributed by atoms with Gasteiger partial charge in [0, 0.05) is 30.2 Å². The van der Waals surface area contributed by atoms with E-state index >= 15 is 0 Å². The van der Waals surface area contributed by atoms with Crippen LogP contribution in [0.1, 0.15) is 6.92 Å². The number of hydrogen-bond donors (Lipinski definition) is 3. The zero-order valence-corrected chi connectivity index (χ0v) is 11.6. The Hall–Kier alpha value is -1.95. The van der Waals surface area contributed by atoms with Crippen LogP contribution in [0.15, 0.2) is 29.4 Å². The van der Waals surface area contributed by atoms with Gasteiger partial charge in [-0.2, -0.15) is 0 Å². The molecule has 6 nitrogen and oxygen atoms in total. The Bertz CT molecular complexity index is 461. The summed E-state index contributed by atoms with van der Waals surface area (Å²) in [6.45, 7) is 2.11. The molecular formula is C12H17ClN4O2. The summed E-state index contributed by atoms with van der Waals surface area (Å²) in [6, 6.07) is 6.52. The SMILES string of the molecule is CC(CN(C)C(=O)Nc1ccc(Cl)cc1)C(N)=NO. The number of amidine groups is 1. The van der Waals surface area contributed by atoms with Crippen molar-refractivity contribution in [3.05, 3.63) is 29.3 Å². The molecular weight excluding hydrogens is 268 g/mol. The van der Waals surface area contributed by atoms with E-state index in [1.165, 1.54) is 4.90 Å². The summed E-state index contributed by atoms with van der Waals surface area (Å²) in [7, 11) is 1.63. The summed E-state index contributed by atoms with van der Waals surface area (Å²) < 4.78 is 0. The maximum absolute atomic E-state index is 11.9. The number of carbonyl (C=O) groups excluding carboxylic acids is 1. The number of rotatable bonds is 4. The molecule has 0 spiro atoms. The molecule has 4 N–H and O–H groups in total. The summed E-state index contributed by atoms with van der Waals surface area (Å²) >= 11 is 5.76. The van der Waals surface area contributed by atoms with Gasteiger partial charge in [-0.3, -0.25) is 0 Å². The molecule has 0 aliphatic carbocycles. The quantitative estimate of drug-likeness (QED) is 0.342. The van der Waals surface area contributed by atoms with Crippen molar-refractivity contribution in [2.45, 2.75) is 6.92 Å². The first-order valence-electron chi connectivity index (χ1n) is 5.69. The lowest BCUT2D eigenvalue weighted by Gasteiger charge is -2.21. The first kappa shape index (κ1) is 15.1. The lowest BCUT2D eigenvalue weighted by molar-refractivity contribution is 0.219. The zero-order valence-electron chi connectivity index (χ0n) is 10.8. The van der Waals surface area contributed by atoms with Crippen LogP contribution in [0.4, 0.5) is 10.5 Å². The van der Waals surface area contributed by atoms with Gasteiger partial charge in [0.2, 0.25) is 0 Å². The summed E-state index contributed by atoms with van der Waals surface area (Å²) in [5, 5.41) is 14.8. The highest BCUT2D eigenvalue weighted by atomic mass is 35.5. The van der Waals surface area contributed by atoms with E-state index < -0.39 is 0 Å². The third-order valence-corrected chi connectivity index (χ3v) is 2.86. The maximum Gasteiger partial charge on any atom is 0.321 e. The molecule has 0 aliphatic heterocycles. The monoisotopic (exact) mass is 284 g/mol. The number of carbonyl (C=O) groups is 1. The van der Waals surface area contributed by atoms with Gasteiger partial charge in [-0.05, 0) is 24.3 Å². The Kier molecular flexibility index (Phi) is 5.44. The van der Waals surface area contributed by atoms with Gasteiger partial charge in [-0.1, -0.05) is 23.7 Å². The highest BCUT2D eigenvalue weighted by Crippen LogP contribution is 2.13. The second-order valence-corrected chi connectivity index (χ2v) is 4.68. The third-order valence-electron chi connectivity index (χ3n) is 2.61. The van der Waals surface area contributed by atoms with Gasteiger partial charge in [0.1, 0.15) is 5.84 Å². The summed E-state index contributed by atoms with van der Waals surface area (Å²) in [5.41, 5.74) is 6.11. The molecule has 1 unspecified atom stereocenters. The van der Waals surface area contributed by atoms with Crippen molar-refractivity contribution in [3.63, 3.8) is 0 Å². The van der Waals surface area contributed by atoms with E-state index in [2.05, 4.69) is 10.5 Å². The molecule has 0 aliphatic rings. The van der Waals surface area contributed by atoms with E-state index in [-0.39, 0.29) is 17.8 Å². The Labute approximate surface area is 116 Å². The smallest absolute Gasteiger partial charge is 0.321 e. The molecule has 1 atom stereocenters. The van der Waals surface area contributed by atoms with Crippen LogP contribution in [-0.4, -0.2) is 35.6 Å². The van der Waals surface area contributed by atoms with Gasteiger partial charge in [0.25, 0.3) is 0 Å². The number of benzene rings is 1. The van der Waals surface area contributed by atoms with E-state index in [9.17, 15) is 4.79 Å². The number of amides is 2. The zero-order chi connectivity index (χ0) is 14.4. The summed E-state index contributed by atoms with van der Waals surface area (Å²) in [4.78, 5) is 13.3. The van der Waals surface area contributed by atoms with Crippen molar-refractivity contribution in [2.75, 3.05) is 18.9 Å². The molecule has 0 saturated heterocycles. The molecule has 0 fully saturated rings. The van der Waals surface area contributed by atoms with E-state index in [1.54, 1.807) is 38.2 Å². The molecule has 1 aromatic rings. The molecule has 0 radical (unpaired) electrons. The van der Waals surface area contributed by atoms with Crippen molar-refractivity contribution in [1.29, 1.82) is 0 Å². The minimum absolute atomic E-state index is 0.0890. The number of anilines is 1. The minimum atomic E-state index is -0.278. The van der Waals surface area contributed by atoms with Crippen LogP contribution in [0, 0.1) is 5.92 Å². The number of oxime groups is 1. The fourth-order valence-corrected chi connectivity index (χ4v) is 1.56. The fraction of sp³-hybridized carbons (Fsp3) is 0.333. The third kappa shape index (κ3) is 4.67. The molecule has 0 aromatic heterocycles. The topological polar surface area (TPSA) is 91.0 Å². The minimum Gasteiger partial charge on any atom is -0.409 e. The average Bonchev–Trinajstić information content (AvgIpc) is 2.40. The van der Waals surface area contributed by atoms with Crippen LogP contribution in [0.5, 0.6) is 0 Å². The lowest BCUT2D eigenvalue weighted by atomic mass is 10.1. The molecule has 0 saturated carbocycles. The van der Waals surface area contributed by atoms with Crippen molar-refractivity contribution < 1.29 is 10.0 Å². The van der Waals surface area contributed by atoms with Crippen LogP contribution < -0.4 is 11.1 Å². The van der Waals surface area contributed by atoms with E-state index in [4.69, 9.17) is 22.5 Å². The van der Waals surface area contributed by atoms with Gasteiger partial charge in [0.15, 0.2) is 0 Å². The van der Waals surface area contributed by atoms with Crippen LogP contribution in [-0.2, 0) is 0 Å². The highest BCUT2D eigenvalue weighted by molar-refractivity contribution is 6.30. The molecule has 0 heterocycles. The highest BCUT2D eigenvalue weighted by Gasteiger charge is 2.15. The Morgan fingerprint density at radius 3 is 2.63 bits per heavy atom. The van der Waals surface area contributed by atoms with E-state index in [1.807, 2.05) is 0 Å². The molecule has 1 rings (SSSR count). The number of nitrogens with zero attached hydrogens (tertiary/aromatic N) is 2. The first-order chi connectivity index (χ1) is 8.93. The second-order valence-electron chi connectivity index (χ2n) is 4.24. The Morgan fingerprint density at radius 1 is 1.53 bits per heavy atom. The van der Waals surface area contributed by atoms with Crippen molar-refractivity contribution in [3.8, 4) is 0 Å². The number of nitrogens with two attached hydrogens (primary N) is 1. The number of halogens is 1. The van der Waals surface area contributed by atoms with Crippen LogP contribution in [0.25, 0.3) is 0 Å². The van der Waals surface area contributed by atoms with Crippen LogP contribution in [0.3, 0.4) is 0 Å². The van der Waals surface area contributed by atoms with E-state index in [0.717, 1.165) is 0 Å². The number of urea groups is 1. The van der Waals surface area contributed by atoms with Gasteiger partial charge in [-0.25, -0.2) is 4.79 Å². The first-order valence-corrected chi connectivity index (χ1v) is 6.07. The van der Waals surface area contributed by atoms with Gasteiger partial charge >= 0.3 is 6.03 Å². The standard InChI is InChI=1S/C12H17ClN4O2/c1-8(11(14)16-19)7-17(2)12(18)15-10-5-3-9(13)4-6-10/h3-6,8,19H,7H2,1-2H3,(H2,14,16)(H,15,18). The Morgan fingerprint density at radius 2 is 2.11 bits per heavy atom. The molecule has 1 aromatic carbocycles. The van der Waals surface area contributed by atoms with Gasteiger partial charge < -0.3 is 21.2 Å². The predicted molar refractivity (Wildman–Crippen MR) is 75.7 cm³/mol. The Balaban J connectivity index is 2.55. The molecule has 19 heavy (non-hydrogen) atoms. The van der Waals surface area contributed by atoms with Crippen LogP contribution in [0.2, 0.25) is 5.02 Å². The molecule has 2 amide bonds. The number of nitrogens with one attached hydrogen (secondary N) is 1. The normalized spacial score (nSPS) is 12.9. The largest absolute Gasteiger partial charge is 0.409 e. The van der Waals surface area contributed by atoms with Crippen LogP contribution >= 0.6 is 11.6 Å². The van der Waals surface area contributed by atoms with Gasteiger partial charge in [-0.15, -0.1) is 0 Å². The molecule has 104 valence electrons. The second kappa shape index (κ2) is 6.84. The van der Waals surface area contributed by atoms with Gasteiger partial charge in [0.05, 0.1) is 0 Å². The average molecular weight is 285 g/mol. The summed E-state index contributed by atoms with van der Waals surface area (Å²) in [6.07, 6.45) is 0. The number of hydrogen-bond acceptors (Lipinski definition) is 3. The van der Waals surface area contributed by atoms with Crippen molar-refractivity contribution in [1.82, 2.24) is 4.90 Å². The predicted octanol–water partition coefficient (Wildman–Crippen LogP) is 2.19. The lowest BCUT2D eigenvalue weighted by Crippen LogP contribution is -2.38. The fourth-order valence-electron chi connectivity index (χ4n) is 1.44.